The summed E-state index contributed by atoms with van der Waals surface area (Å²) >= 11 is 2.24. The van der Waals surface area contributed by atoms with Crippen molar-refractivity contribution in [2.45, 2.75) is 28.0 Å². The van der Waals surface area contributed by atoms with Gasteiger partial charge in [0.25, 0.3) is 5.91 Å². The van der Waals surface area contributed by atoms with Gasteiger partial charge >= 0.3 is 4.87 Å². The lowest BCUT2D eigenvalue weighted by Gasteiger charge is -2.29. The standard InChI is InChI=1S/C29H24N4O7S3/c1-15-2-8-18(9-3-15)33-27(35)23-22(24-26(32-29(37)42-24)41-25(23)28(33)36)16-4-10-19(11-5-16)40-14-21(34)31-17-6-12-20(13-7-17)43(30,38)39/h2-13,22-23,25H,14H2,1H3,(H,31,34)(H,32,37)(H2,30,38,39)/t22-,23?,25?/m1/s1. The van der Waals surface area contributed by atoms with E-state index in [1.54, 1.807) is 36.4 Å². The molecule has 11 nitrogen and oxygen atoms in total. The highest BCUT2D eigenvalue weighted by molar-refractivity contribution is 8.00. The third-order valence-electron chi connectivity index (χ3n) is 7.19. The van der Waals surface area contributed by atoms with E-state index in [-0.39, 0.29) is 28.2 Å². The third kappa shape index (κ3) is 5.61. The van der Waals surface area contributed by atoms with Gasteiger partial charge in [-0.1, -0.05) is 52.9 Å². The van der Waals surface area contributed by atoms with Gasteiger partial charge in [-0.3, -0.25) is 19.2 Å². The zero-order valence-electron chi connectivity index (χ0n) is 22.5. The van der Waals surface area contributed by atoms with E-state index >= 15 is 0 Å². The van der Waals surface area contributed by atoms with Crippen LogP contribution in [0.1, 0.15) is 21.9 Å². The van der Waals surface area contributed by atoms with Crippen LogP contribution in [0.3, 0.4) is 0 Å². The zero-order valence-corrected chi connectivity index (χ0v) is 24.9. The molecule has 3 amide bonds. The van der Waals surface area contributed by atoms with Crippen LogP contribution in [-0.4, -0.2) is 43.0 Å². The second kappa shape index (κ2) is 11.1. The summed E-state index contributed by atoms with van der Waals surface area (Å²) in [5.74, 6) is -1.96. The Balaban J connectivity index is 1.20. The summed E-state index contributed by atoms with van der Waals surface area (Å²) in [7, 11) is -3.84. The molecule has 1 fully saturated rings. The van der Waals surface area contributed by atoms with E-state index in [4.69, 9.17) is 9.88 Å². The number of nitrogens with two attached hydrogens (primary N) is 1. The predicted molar refractivity (Wildman–Crippen MR) is 162 cm³/mol. The molecule has 3 aromatic carbocycles. The van der Waals surface area contributed by atoms with Crippen LogP contribution in [-0.2, 0) is 24.4 Å². The maximum atomic E-state index is 13.8. The second-order valence-corrected chi connectivity index (χ2v) is 13.8. The lowest BCUT2D eigenvalue weighted by Crippen LogP contribution is -2.32. The van der Waals surface area contributed by atoms with Gasteiger partial charge in [0.15, 0.2) is 6.61 Å². The van der Waals surface area contributed by atoms with Crippen molar-refractivity contribution in [3.63, 3.8) is 0 Å². The molecule has 4 N–H and O–H groups in total. The summed E-state index contributed by atoms with van der Waals surface area (Å²) in [6, 6.07) is 19.4. The minimum atomic E-state index is -3.84. The number of benzene rings is 3. The fraction of sp³-hybridized carbons (Fsp3) is 0.172. The van der Waals surface area contributed by atoms with Gasteiger partial charge in [0.1, 0.15) is 11.0 Å². The molecule has 43 heavy (non-hydrogen) atoms. The quantitative estimate of drug-likeness (QED) is 0.260. The molecular weight excluding hydrogens is 613 g/mol. The number of fused-ring (bicyclic) bond motifs is 2. The number of hydrogen-bond donors (Lipinski definition) is 3. The average Bonchev–Trinajstić information content (AvgIpc) is 3.46. The Hall–Kier alpha value is -4.24. The maximum Gasteiger partial charge on any atom is 0.305 e. The van der Waals surface area contributed by atoms with Gasteiger partial charge in [-0.2, -0.15) is 0 Å². The molecule has 3 heterocycles. The van der Waals surface area contributed by atoms with Crippen LogP contribution in [0, 0.1) is 12.8 Å². The van der Waals surface area contributed by atoms with Gasteiger partial charge in [0.2, 0.25) is 21.8 Å². The number of carbonyl (C=O) groups excluding carboxylic acids is 3. The highest BCUT2D eigenvalue weighted by Crippen LogP contribution is 2.53. The number of anilines is 2. The van der Waals surface area contributed by atoms with E-state index in [1.807, 2.05) is 19.1 Å². The first-order valence-corrected chi connectivity index (χ1v) is 16.2. The number of aromatic nitrogens is 1. The van der Waals surface area contributed by atoms with Crippen LogP contribution in [0.2, 0.25) is 0 Å². The van der Waals surface area contributed by atoms with Gasteiger partial charge in [-0.15, -0.1) is 0 Å². The van der Waals surface area contributed by atoms with Gasteiger partial charge < -0.3 is 15.0 Å². The summed E-state index contributed by atoms with van der Waals surface area (Å²) in [4.78, 5) is 56.5. The zero-order chi connectivity index (χ0) is 30.5. The Bertz CT molecular complexity index is 1900. The molecule has 0 aliphatic carbocycles. The van der Waals surface area contributed by atoms with Gasteiger partial charge in [0, 0.05) is 16.5 Å². The first kappa shape index (κ1) is 28.9. The summed E-state index contributed by atoms with van der Waals surface area (Å²) in [6.45, 7) is 1.61. The number of hydrogen-bond acceptors (Lipinski definition) is 9. The van der Waals surface area contributed by atoms with Crippen molar-refractivity contribution >= 4 is 62.2 Å². The van der Waals surface area contributed by atoms with E-state index in [1.165, 1.54) is 40.9 Å². The van der Waals surface area contributed by atoms with Crippen molar-refractivity contribution in [1.29, 1.82) is 0 Å². The van der Waals surface area contributed by atoms with Crippen molar-refractivity contribution in [3.8, 4) is 5.75 Å². The highest BCUT2D eigenvalue weighted by Gasteiger charge is 2.56. The van der Waals surface area contributed by atoms with Gasteiger partial charge in [-0.25, -0.2) is 18.5 Å². The molecule has 14 heteroatoms. The van der Waals surface area contributed by atoms with Crippen molar-refractivity contribution in [2.75, 3.05) is 16.8 Å². The smallest absolute Gasteiger partial charge is 0.305 e. The van der Waals surface area contributed by atoms with Gasteiger partial charge in [0.05, 0.1) is 21.5 Å². The molecule has 2 unspecified atom stereocenters. The van der Waals surface area contributed by atoms with Crippen LogP contribution in [0.15, 0.2) is 87.5 Å². The Labute approximate surface area is 254 Å². The van der Waals surface area contributed by atoms with E-state index in [9.17, 15) is 27.6 Å². The number of thiazole rings is 1. The molecule has 0 spiro atoms. The number of nitrogens with zero attached hydrogens (tertiary/aromatic N) is 1. The highest BCUT2D eigenvalue weighted by atomic mass is 32.2. The Kier molecular flexibility index (Phi) is 7.46. The van der Waals surface area contributed by atoms with Crippen molar-refractivity contribution < 1.29 is 27.5 Å². The van der Waals surface area contributed by atoms with Crippen LogP contribution in [0.25, 0.3) is 0 Å². The molecule has 0 radical (unpaired) electrons. The molecule has 4 aromatic rings. The monoisotopic (exact) mass is 636 g/mol. The molecule has 1 saturated heterocycles. The summed E-state index contributed by atoms with van der Waals surface area (Å²) in [6.07, 6.45) is 0. The molecule has 0 saturated carbocycles. The molecule has 2 aliphatic rings. The van der Waals surface area contributed by atoms with Crippen molar-refractivity contribution in [3.05, 3.63) is 98.5 Å². The normalized spacial score (nSPS) is 19.6. The van der Waals surface area contributed by atoms with E-state index in [0.717, 1.165) is 22.5 Å². The van der Waals surface area contributed by atoms with Crippen LogP contribution >= 0.6 is 23.1 Å². The number of sulfonamides is 1. The third-order valence-corrected chi connectivity index (χ3v) is 10.5. The van der Waals surface area contributed by atoms with Crippen molar-refractivity contribution in [2.24, 2.45) is 11.1 Å². The van der Waals surface area contributed by atoms with Crippen LogP contribution < -0.4 is 25.0 Å². The number of H-pyrrole nitrogens is 1. The van der Waals surface area contributed by atoms with E-state index < -0.39 is 33.0 Å². The number of thioether (sulfide) groups is 1. The molecule has 1 aromatic heterocycles. The largest absolute Gasteiger partial charge is 0.484 e. The Morgan fingerprint density at radius 3 is 2.30 bits per heavy atom. The molecule has 220 valence electrons. The molecule has 3 atom stereocenters. The van der Waals surface area contributed by atoms with Crippen LogP contribution in [0.5, 0.6) is 5.75 Å². The summed E-state index contributed by atoms with van der Waals surface area (Å²) < 4.78 is 28.4. The second-order valence-electron chi connectivity index (χ2n) is 10.1. The number of primary sulfonamides is 1. The van der Waals surface area contributed by atoms with E-state index in [0.29, 0.717) is 27.0 Å². The summed E-state index contributed by atoms with van der Waals surface area (Å²) in [5, 5.41) is 7.59. The Morgan fingerprint density at radius 2 is 1.65 bits per heavy atom. The summed E-state index contributed by atoms with van der Waals surface area (Å²) in [5.41, 5.74) is 2.61. The first-order valence-electron chi connectivity index (χ1n) is 13.0. The average molecular weight is 637 g/mol. The molecular formula is C29H24N4O7S3. The maximum absolute atomic E-state index is 13.8. The SMILES string of the molecule is Cc1ccc(N2C(=O)C3Sc4[nH]c(=O)sc4[C@H](c4ccc(OCC(=O)Nc5ccc(S(N)(=O)=O)cc5)cc4)C3C2=O)cc1. The number of carbonyl (C=O) groups is 3. The molecule has 2 aliphatic heterocycles. The minimum Gasteiger partial charge on any atom is -0.484 e. The number of imide groups is 1. The lowest BCUT2D eigenvalue weighted by molar-refractivity contribution is -0.122. The van der Waals surface area contributed by atoms with Gasteiger partial charge in [-0.05, 0) is 61.0 Å². The van der Waals surface area contributed by atoms with Crippen LogP contribution in [0.4, 0.5) is 11.4 Å². The number of nitrogens with one attached hydrogen (secondary N) is 2. The number of aryl methyl sites for hydroxylation is 1. The molecule has 6 rings (SSSR count). The number of rotatable bonds is 7. The number of amides is 3. The molecule has 0 bridgehead atoms. The Morgan fingerprint density at radius 1 is 0.977 bits per heavy atom. The van der Waals surface area contributed by atoms with E-state index in [2.05, 4.69) is 10.3 Å². The predicted octanol–water partition coefficient (Wildman–Crippen LogP) is 3.21. The topological polar surface area (TPSA) is 169 Å². The lowest BCUT2D eigenvalue weighted by atomic mass is 9.83. The minimum absolute atomic E-state index is 0.0738. The first-order chi connectivity index (χ1) is 20.5. The fourth-order valence-electron chi connectivity index (χ4n) is 5.17. The number of aromatic amines is 1. The van der Waals surface area contributed by atoms with Crippen molar-refractivity contribution in [1.82, 2.24) is 4.98 Å². The number of ether oxygens (including phenoxy) is 1. The fourth-order valence-corrected chi connectivity index (χ4v) is 8.20.